The summed E-state index contributed by atoms with van der Waals surface area (Å²) >= 11 is 0. The third kappa shape index (κ3) is 2.92. The van der Waals surface area contributed by atoms with Gasteiger partial charge in [0.15, 0.2) is 0 Å². The molecule has 0 saturated heterocycles. The van der Waals surface area contributed by atoms with Crippen LogP contribution in [0.2, 0.25) is 0 Å². The third-order valence-corrected chi connectivity index (χ3v) is 2.91. The number of aliphatic carboxylic acids is 1. The van der Waals surface area contributed by atoms with Crippen LogP contribution in [0.25, 0.3) is 10.8 Å². The Labute approximate surface area is 115 Å². The van der Waals surface area contributed by atoms with Crippen LogP contribution in [0.4, 0.5) is 0 Å². The van der Waals surface area contributed by atoms with Crippen LogP contribution in [0.15, 0.2) is 36.5 Å². The Morgan fingerprint density at radius 1 is 1.25 bits per heavy atom. The number of pyridine rings is 1. The van der Waals surface area contributed by atoms with Crippen molar-refractivity contribution in [3.8, 4) is 0 Å². The van der Waals surface area contributed by atoms with Gasteiger partial charge in [0, 0.05) is 24.6 Å². The van der Waals surface area contributed by atoms with Crippen LogP contribution in [0, 0.1) is 0 Å². The number of carboxylic acids is 1. The van der Waals surface area contributed by atoms with E-state index in [2.05, 4.69) is 10.3 Å². The minimum Gasteiger partial charge on any atom is -0.480 e. The Morgan fingerprint density at radius 3 is 2.70 bits per heavy atom. The molecule has 1 heterocycles. The van der Waals surface area contributed by atoms with Crippen molar-refractivity contribution >= 4 is 22.6 Å². The summed E-state index contributed by atoms with van der Waals surface area (Å²) in [6.45, 7) is -0.319. The van der Waals surface area contributed by atoms with Gasteiger partial charge in [-0.3, -0.25) is 9.78 Å². The Hall–Kier alpha value is -2.47. The SMILES string of the molecule is O=C(N[C@@H](CCO)C(=O)O)c1nccc2ccccc12. The summed E-state index contributed by atoms with van der Waals surface area (Å²) < 4.78 is 0. The lowest BCUT2D eigenvalue weighted by molar-refractivity contribution is -0.139. The van der Waals surface area contributed by atoms with E-state index in [0.717, 1.165) is 5.39 Å². The maximum absolute atomic E-state index is 12.1. The smallest absolute Gasteiger partial charge is 0.326 e. The number of hydrogen-bond donors (Lipinski definition) is 3. The van der Waals surface area contributed by atoms with Crippen LogP contribution in [0.3, 0.4) is 0 Å². The highest BCUT2D eigenvalue weighted by Crippen LogP contribution is 2.16. The van der Waals surface area contributed by atoms with Gasteiger partial charge in [0.2, 0.25) is 0 Å². The fourth-order valence-corrected chi connectivity index (χ4v) is 1.91. The maximum Gasteiger partial charge on any atom is 0.326 e. The van der Waals surface area contributed by atoms with Gasteiger partial charge >= 0.3 is 5.97 Å². The molecule has 0 spiro atoms. The molecule has 0 radical (unpaired) electrons. The highest BCUT2D eigenvalue weighted by Gasteiger charge is 2.21. The van der Waals surface area contributed by atoms with Gasteiger partial charge in [-0.05, 0) is 11.5 Å². The van der Waals surface area contributed by atoms with Crippen LogP contribution in [0.1, 0.15) is 16.9 Å². The first kappa shape index (κ1) is 14.0. The summed E-state index contributed by atoms with van der Waals surface area (Å²) in [4.78, 5) is 27.1. The molecule has 0 aliphatic rings. The lowest BCUT2D eigenvalue weighted by Crippen LogP contribution is -2.41. The fourth-order valence-electron chi connectivity index (χ4n) is 1.91. The van der Waals surface area contributed by atoms with Crippen LogP contribution >= 0.6 is 0 Å². The number of aliphatic hydroxyl groups excluding tert-OH is 1. The molecule has 6 heteroatoms. The molecular weight excluding hydrogens is 260 g/mol. The molecule has 0 bridgehead atoms. The number of nitrogens with zero attached hydrogens (tertiary/aromatic N) is 1. The number of carbonyl (C=O) groups excluding carboxylic acids is 1. The number of nitrogens with one attached hydrogen (secondary N) is 1. The molecule has 2 rings (SSSR count). The molecule has 0 saturated carbocycles. The van der Waals surface area contributed by atoms with Crippen LogP contribution < -0.4 is 5.32 Å². The van der Waals surface area contributed by atoms with E-state index in [0.29, 0.717) is 5.39 Å². The van der Waals surface area contributed by atoms with Crippen LogP contribution in [-0.2, 0) is 4.79 Å². The molecule has 1 aromatic carbocycles. The number of carbonyl (C=O) groups is 2. The number of carboxylic acid groups (broad SMARTS) is 1. The largest absolute Gasteiger partial charge is 0.480 e. The second kappa shape index (κ2) is 6.12. The van der Waals surface area contributed by atoms with E-state index in [1.165, 1.54) is 6.20 Å². The van der Waals surface area contributed by atoms with Crippen molar-refractivity contribution in [1.82, 2.24) is 10.3 Å². The first-order valence-corrected chi connectivity index (χ1v) is 6.11. The van der Waals surface area contributed by atoms with E-state index in [1.54, 1.807) is 18.2 Å². The summed E-state index contributed by atoms with van der Waals surface area (Å²) in [5.41, 5.74) is 0.173. The predicted octanol–water partition coefficient (Wildman–Crippen LogP) is 0.800. The van der Waals surface area contributed by atoms with Gasteiger partial charge in [-0.25, -0.2) is 4.79 Å². The standard InChI is InChI=1S/C14H14N2O4/c17-8-6-11(14(19)20)16-13(18)12-10-4-2-1-3-9(10)5-7-15-12/h1-5,7,11,17H,6,8H2,(H,16,18)(H,19,20)/t11-/m0/s1. The van der Waals surface area contributed by atoms with Crippen molar-refractivity contribution in [1.29, 1.82) is 0 Å². The molecular formula is C14H14N2O4. The first-order chi connectivity index (χ1) is 9.63. The lowest BCUT2D eigenvalue weighted by atomic mass is 10.1. The molecule has 1 aromatic heterocycles. The molecule has 0 aliphatic heterocycles. The number of benzene rings is 1. The predicted molar refractivity (Wildman–Crippen MR) is 72.3 cm³/mol. The average molecular weight is 274 g/mol. The first-order valence-electron chi connectivity index (χ1n) is 6.11. The number of aliphatic hydroxyl groups is 1. The fraction of sp³-hybridized carbons (Fsp3) is 0.214. The van der Waals surface area contributed by atoms with Crippen molar-refractivity contribution in [2.75, 3.05) is 6.61 Å². The summed E-state index contributed by atoms with van der Waals surface area (Å²) in [5, 5.41) is 21.6. The van der Waals surface area contributed by atoms with E-state index in [9.17, 15) is 9.59 Å². The Kier molecular flexibility index (Phi) is 4.27. The minimum absolute atomic E-state index is 0.0498. The summed E-state index contributed by atoms with van der Waals surface area (Å²) in [5.74, 6) is -1.75. The topological polar surface area (TPSA) is 99.5 Å². The van der Waals surface area contributed by atoms with Crippen molar-refractivity contribution in [3.05, 3.63) is 42.2 Å². The molecule has 0 fully saturated rings. The third-order valence-electron chi connectivity index (χ3n) is 2.91. The maximum atomic E-state index is 12.1. The van der Waals surface area contributed by atoms with Gasteiger partial charge in [-0.2, -0.15) is 0 Å². The number of rotatable bonds is 5. The van der Waals surface area contributed by atoms with E-state index >= 15 is 0 Å². The van der Waals surface area contributed by atoms with Gasteiger partial charge in [-0.1, -0.05) is 24.3 Å². The molecule has 1 amide bonds. The molecule has 6 nitrogen and oxygen atoms in total. The van der Waals surface area contributed by atoms with E-state index in [4.69, 9.17) is 10.2 Å². The molecule has 20 heavy (non-hydrogen) atoms. The highest BCUT2D eigenvalue weighted by atomic mass is 16.4. The Morgan fingerprint density at radius 2 is 2.00 bits per heavy atom. The van der Waals surface area contributed by atoms with Crippen molar-refractivity contribution in [3.63, 3.8) is 0 Å². The van der Waals surface area contributed by atoms with Gasteiger partial charge in [-0.15, -0.1) is 0 Å². The normalized spacial score (nSPS) is 12.1. The second-order valence-electron chi connectivity index (χ2n) is 4.26. The zero-order valence-corrected chi connectivity index (χ0v) is 10.6. The second-order valence-corrected chi connectivity index (χ2v) is 4.26. The highest BCUT2D eigenvalue weighted by molar-refractivity contribution is 6.06. The number of aromatic nitrogens is 1. The van der Waals surface area contributed by atoms with Crippen molar-refractivity contribution < 1.29 is 19.8 Å². The minimum atomic E-state index is -1.19. The average Bonchev–Trinajstić information content (AvgIpc) is 2.46. The molecule has 0 aliphatic carbocycles. The summed E-state index contributed by atoms with van der Waals surface area (Å²) in [6, 6.07) is 7.86. The quantitative estimate of drug-likeness (QED) is 0.749. The van der Waals surface area contributed by atoms with Gasteiger partial charge in [0.25, 0.3) is 5.91 Å². The summed E-state index contributed by atoms with van der Waals surface area (Å²) in [6.07, 6.45) is 1.45. The van der Waals surface area contributed by atoms with E-state index < -0.39 is 17.9 Å². The lowest BCUT2D eigenvalue weighted by Gasteiger charge is -2.13. The molecule has 2 aromatic rings. The van der Waals surface area contributed by atoms with Gasteiger partial charge in [0.05, 0.1) is 0 Å². The van der Waals surface area contributed by atoms with Crippen LogP contribution in [-0.4, -0.2) is 39.7 Å². The van der Waals surface area contributed by atoms with Gasteiger partial charge < -0.3 is 15.5 Å². The summed E-state index contributed by atoms with van der Waals surface area (Å²) in [7, 11) is 0. The van der Waals surface area contributed by atoms with Crippen molar-refractivity contribution in [2.45, 2.75) is 12.5 Å². The Balaban J connectivity index is 2.29. The van der Waals surface area contributed by atoms with E-state index in [1.807, 2.05) is 12.1 Å². The number of hydrogen-bond acceptors (Lipinski definition) is 4. The molecule has 0 unspecified atom stereocenters. The van der Waals surface area contributed by atoms with Crippen molar-refractivity contribution in [2.24, 2.45) is 0 Å². The zero-order chi connectivity index (χ0) is 14.5. The van der Waals surface area contributed by atoms with Gasteiger partial charge in [0.1, 0.15) is 11.7 Å². The van der Waals surface area contributed by atoms with E-state index in [-0.39, 0.29) is 18.7 Å². The monoisotopic (exact) mass is 274 g/mol. The number of amides is 1. The zero-order valence-electron chi connectivity index (χ0n) is 10.6. The van der Waals surface area contributed by atoms with Crippen LogP contribution in [0.5, 0.6) is 0 Å². The molecule has 1 atom stereocenters. The Bertz CT molecular complexity index is 637. The molecule has 104 valence electrons. The molecule has 3 N–H and O–H groups in total. The number of fused-ring (bicyclic) bond motifs is 1.